The zero-order valence-corrected chi connectivity index (χ0v) is 12.4. The molecule has 1 aromatic rings. The van der Waals surface area contributed by atoms with Gasteiger partial charge in [-0.05, 0) is 25.0 Å². The summed E-state index contributed by atoms with van der Waals surface area (Å²) in [6.45, 7) is 0. The lowest BCUT2D eigenvalue weighted by Crippen LogP contribution is -2.36. The van der Waals surface area contributed by atoms with Gasteiger partial charge < -0.3 is 10.4 Å². The van der Waals surface area contributed by atoms with Gasteiger partial charge in [0.25, 0.3) is 5.69 Å². The number of halogens is 1. The predicted octanol–water partition coefficient (Wildman–Crippen LogP) is 3.08. The van der Waals surface area contributed by atoms with Crippen LogP contribution in [-0.2, 0) is 9.59 Å². The number of hydrogen-bond donors (Lipinski definition) is 2. The van der Waals surface area contributed by atoms with Crippen molar-refractivity contribution in [1.82, 2.24) is 0 Å². The zero-order valence-electron chi connectivity index (χ0n) is 11.6. The fourth-order valence-electron chi connectivity index (χ4n) is 2.71. The van der Waals surface area contributed by atoms with Crippen molar-refractivity contribution in [3.63, 3.8) is 0 Å². The molecule has 1 fully saturated rings. The number of hydrogen-bond acceptors (Lipinski definition) is 4. The molecule has 2 N–H and O–H groups in total. The van der Waals surface area contributed by atoms with E-state index in [4.69, 9.17) is 11.6 Å². The van der Waals surface area contributed by atoms with E-state index in [-0.39, 0.29) is 16.4 Å². The lowest BCUT2D eigenvalue weighted by molar-refractivity contribution is -0.384. The Labute approximate surface area is 131 Å². The number of carbonyl (C=O) groups excluding carboxylic acids is 1. The first-order valence-corrected chi connectivity index (χ1v) is 7.25. The molecule has 0 spiro atoms. The normalized spacial score (nSPS) is 21.1. The summed E-state index contributed by atoms with van der Waals surface area (Å²) in [7, 11) is 0. The summed E-state index contributed by atoms with van der Waals surface area (Å²) in [6, 6.07) is 3.94. The second-order valence-corrected chi connectivity index (χ2v) is 5.66. The summed E-state index contributed by atoms with van der Waals surface area (Å²) in [5, 5.41) is 22.6. The van der Waals surface area contributed by atoms with Crippen molar-refractivity contribution in [3.05, 3.63) is 33.3 Å². The van der Waals surface area contributed by atoms with Crippen molar-refractivity contribution in [3.8, 4) is 0 Å². The van der Waals surface area contributed by atoms with Gasteiger partial charge in [0.15, 0.2) is 0 Å². The van der Waals surface area contributed by atoms with Gasteiger partial charge >= 0.3 is 5.97 Å². The molecule has 2 atom stereocenters. The van der Waals surface area contributed by atoms with Gasteiger partial charge in [-0.3, -0.25) is 19.7 Å². The Morgan fingerprint density at radius 2 is 1.91 bits per heavy atom. The van der Waals surface area contributed by atoms with Gasteiger partial charge in [-0.2, -0.15) is 0 Å². The van der Waals surface area contributed by atoms with Crippen LogP contribution < -0.4 is 5.32 Å². The molecule has 0 bridgehead atoms. The number of carbonyl (C=O) groups is 2. The van der Waals surface area contributed by atoms with Crippen LogP contribution in [-0.4, -0.2) is 21.9 Å². The van der Waals surface area contributed by atoms with E-state index < -0.39 is 28.6 Å². The van der Waals surface area contributed by atoms with Crippen LogP contribution in [0.1, 0.15) is 25.7 Å². The van der Waals surface area contributed by atoms with Crippen LogP contribution in [0.25, 0.3) is 0 Å². The molecule has 118 valence electrons. The van der Waals surface area contributed by atoms with Crippen LogP contribution in [0.3, 0.4) is 0 Å². The average Bonchev–Trinajstić information content (AvgIpc) is 2.48. The van der Waals surface area contributed by atoms with Gasteiger partial charge in [0.1, 0.15) is 5.02 Å². The molecule has 0 aliphatic heterocycles. The molecule has 0 radical (unpaired) electrons. The standard InChI is InChI=1S/C14H15ClN2O5/c15-11-6-5-8(7-12(11)17(21)22)16-13(18)9-3-1-2-4-10(9)14(19)20/h5-7,9-10H,1-4H2,(H,16,18)(H,19,20)/t9-,10+/m0/s1. The van der Waals surface area contributed by atoms with Crippen molar-refractivity contribution >= 4 is 34.9 Å². The minimum atomic E-state index is -0.984. The molecule has 8 heteroatoms. The SMILES string of the molecule is O=C(Nc1ccc(Cl)c([N+](=O)[O-])c1)[C@H]1CCCC[C@H]1C(=O)O. The Morgan fingerprint density at radius 3 is 2.50 bits per heavy atom. The molecular weight excluding hydrogens is 312 g/mol. The average molecular weight is 327 g/mol. The third kappa shape index (κ3) is 3.54. The number of nitro groups is 1. The second kappa shape index (κ2) is 6.74. The molecule has 1 aliphatic carbocycles. The van der Waals surface area contributed by atoms with Crippen LogP contribution in [0.15, 0.2) is 18.2 Å². The fourth-order valence-corrected chi connectivity index (χ4v) is 2.89. The molecule has 0 saturated heterocycles. The molecule has 1 amide bonds. The van der Waals surface area contributed by atoms with E-state index >= 15 is 0 Å². The molecule has 1 aliphatic rings. The summed E-state index contributed by atoms with van der Waals surface area (Å²) >= 11 is 5.71. The highest BCUT2D eigenvalue weighted by Crippen LogP contribution is 2.32. The monoisotopic (exact) mass is 326 g/mol. The first-order valence-electron chi connectivity index (χ1n) is 6.87. The first kappa shape index (κ1) is 16.2. The molecule has 1 saturated carbocycles. The molecule has 22 heavy (non-hydrogen) atoms. The number of aliphatic carboxylic acids is 1. The minimum Gasteiger partial charge on any atom is -0.481 e. The van der Waals surface area contributed by atoms with Crippen molar-refractivity contribution < 1.29 is 19.6 Å². The molecule has 0 unspecified atom stereocenters. The maximum atomic E-state index is 12.3. The minimum absolute atomic E-state index is 0.0240. The van der Waals surface area contributed by atoms with Crippen LogP contribution >= 0.6 is 11.6 Å². The molecule has 2 rings (SSSR count). The van der Waals surface area contributed by atoms with Crippen LogP contribution in [0.4, 0.5) is 11.4 Å². The number of nitrogens with zero attached hydrogens (tertiary/aromatic N) is 1. The van der Waals surface area contributed by atoms with E-state index in [1.807, 2.05) is 0 Å². The van der Waals surface area contributed by atoms with E-state index in [1.54, 1.807) is 0 Å². The number of amides is 1. The van der Waals surface area contributed by atoms with E-state index in [9.17, 15) is 24.8 Å². The van der Waals surface area contributed by atoms with E-state index in [0.717, 1.165) is 12.8 Å². The Hall–Kier alpha value is -2.15. The number of carboxylic acids is 1. The van der Waals surface area contributed by atoms with Gasteiger partial charge in [-0.1, -0.05) is 24.4 Å². The highest BCUT2D eigenvalue weighted by Gasteiger charge is 2.35. The Morgan fingerprint density at radius 1 is 1.27 bits per heavy atom. The highest BCUT2D eigenvalue weighted by atomic mass is 35.5. The highest BCUT2D eigenvalue weighted by molar-refractivity contribution is 6.32. The molecular formula is C14H15ClN2O5. The van der Waals surface area contributed by atoms with Crippen LogP contribution in [0.5, 0.6) is 0 Å². The number of nitro benzene ring substituents is 1. The Balaban J connectivity index is 2.16. The predicted molar refractivity (Wildman–Crippen MR) is 79.8 cm³/mol. The largest absolute Gasteiger partial charge is 0.481 e. The summed E-state index contributed by atoms with van der Waals surface area (Å²) in [5.74, 6) is -2.75. The zero-order chi connectivity index (χ0) is 16.3. The summed E-state index contributed by atoms with van der Waals surface area (Å²) in [5.41, 5.74) is -0.0753. The molecule has 0 heterocycles. The Bertz CT molecular complexity index is 619. The fraction of sp³-hybridized carbons (Fsp3) is 0.429. The smallest absolute Gasteiger partial charge is 0.307 e. The van der Waals surface area contributed by atoms with Gasteiger partial charge in [-0.25, -0.2) is 0 Å². The van der Waals surface area contributed by atoms with Crippen molar-refractivity contribution in [2.45, 2.75) is 25.7 Å². The topological polar surface area (TPSA) is 110 Å². The molecule has 1 aromatic carbocycles. The number of anilines is 1. The van der Waals surface area contributed by atoms with Crippen molar-refractivity contribution in [2.24, 2.45) is 11.8 Å². The first-order chi connectivity index (χ1) is 10.4. The summed E-state index contributed by atoms with van der Waals surface area (Å²) in [4.78, 5) is 33.7. The summed E-state index contributed by atoms with van der Waals surface area (Å²) < 4.78 is 0. The van der Waals surface area contributed by atoms with Crippen LogP contribution in [0, 0.1) is 22.0 Å². The third-order valence-corrected chi connectivity index (χ3v) is 4.15. The molecule has 7 nitrogen and oxygen atoms in total. The lowest BCUT2D eigenvalue weighted by Gasteiger charge is -2.27. The van der Waals surface area contributed by atoms with Gasteiger partial charge in [-0.15, -0.1) is 0 Å². The van der Waals surface area contributed by atoms with Gasteiger partial charge in [0, 0.05) is 11.8 Å². The maximum Gasteiger partial charge on any atom is 0.307 e. The van der Waals surface area contributed by atoms with E-state index in [0.29, 0.717) is 12.8 Å². The van der Waals surface area contributed by atoms with Crippen molar-refractivity contribution in [2.75, 3.05) is 5.32 Å². The van der Waals surface area contributed by atoms with E-state index in [2.05, 4.69) is 5.32 Å². The number of rotatable bonds is 4. The third-order valence-electron chi connectivity index (χ3n) is 3.83. The number of carboxylic acid groups (broad SMARTS) is 1. The second-order valence-electron chi connectivity index (χ2n) is 5.25. The Kier molecular flexibility index (Phi) is 4.97. The van der Waals surface area contributed by atoms with E-state index in [1.165, 1.54) is 18.2 Å². The maximum absolute atomic E-state index is 12.3. The lowest BCUT2D eigenvalue weighted by atomic mass is 9.78. The van der Waals surface area contributed by atoms with Crippen LogP contribution in [0.2, 0.25) is 5.02 Å². The summed E-state index contributed by atoms with van der Waals surface area (Å²) in [6.07, 6.45) is 2.54. The van der Waals surface area contributed by atoms with Gasteiger partial charge in [0.2, 0.25) is 5.91 Å². The number of nitrogens with one attached hydrogen (secondary N) is 1. The number of benzene rings is 1. The molecule has 0 aromatic heterocycles. The van der Waals surface area contributed by atoms with Gasteiger partial charge in [0.05, 0.1) is 16.8 Å². The van der Waals surface area contributed by atoms with Crippen molar-refractivity contribution in [1.29, 1.82) is 0 Å². The quantitative estimate of drug-likeness (QED) is 0.652.